The number of allylic oxidation sites excluding steroid dienone is 3. The number of carbonyl (C=O) groups is 2. The molecule has 0 saturated carbocycles. The molecule has 0 aromatic carbocycles. The fraction of sp³-hybridized carbons (Fsp3) is 0.920. The molecule has 6 nitrogen and oxygen atoms in total. The first-order valence-electron chi connectivity index (χ1n) is 37.1. The monoisotopic (exact) mass is 1140 g/mol. The number of ether oxygens (including phenoxy) is 1. The molecule has 2 atom stereocenters. The fourth-order valence-electron chi connectivity index (χ4n) is 11.8. The van der Waals surface area contributed by atoms with Crippen molar-refractivity contribution in [2.45, 2.75) is 431 Å². The van der Waals surface area contributed by atoms with Crippen molar-refractivity contribution in [3.05, 3.63) is 24.3 Å². The van der Waals surface area contributed by atoms with E-state index in [4.69, 9.17) is 4.74 Å². The van der Waals surface area contributed by atoms with Crippen molar-refractivity contribution in [3.63, 3.8) is 0 Å². The van der Waals surface area contributed by atoms with Crippen molar-refractivity contribution >= 4 is 11.9 Å². The molecule has 1 amide bonds. The molecule has 0 saturated heterocycles. The standard InChI is InChI=1S/C75H145NO5/c1-3-5-7-9-11-13-15-17-18-19-38-41-45-49-53-57-61-65-69-75(80)81-70-66-62-58-54-50-46-42-39-36-34-32-30-28-26-24-22-20-21-23-25-27-29-31-33-35-37-40-44-48-52-56-60-64-68-74(79)76-72(71-77)73(78)67-63-59-55-51-47-43-16-14-12-10-8-6-4-2/h18-19,63,67,72-73,77-78H,3-17,20-62,64-66,68-71H2,1-2H3,(H,76,79)/b19-18-,67-63+. The van der Waals surface area contributed by atoms with Gasteiger partial charge in [0.2, 0.25) is 5.91 Å². The zero-order valence-corrected chi connectivity index (χ0v) is 55.0. The third kappa shape index (κ3) is 67.3. The van der Waals surface area contributed by atoms with Gasteiger partial charge in [-0.1, -0.05) is 372 Å². The molecule has 0 spiro atoms. The Hall–Kier alpha value is -1.66. The summed E-state index contributed by atoms with van der Waals surface area (Å²) in [6.45, 7) is 4.93. The summed E-state index contributed by atoms with van der Waals surface area (Å²) >= 11 is 0. The lowest BCUT2D eigenvalue weighted by molar-refractivity contribution is -0.143. The number of hydrogen-bond acceptors (Lipinski definition) is 5. The van der Waals surface area contributed by atoms with Crippen molar-refractivity contribution in [3.8, 4) is 0 Å². The van der Waals surface area contributed by atoms with Crippen molar-refractivity contribution < 1.29 is 24.5 Å². The largest absolute Gasteiger partial charge is 0.466 e. The van der Waals surface area contributed by atoms with Gasteiger partial charge in [0.1, 0.15) is 0 Å². The van der Waals surface area contributed by atoms with Gasteiger partial charge in [-0.15, -0.1) is 0 Å². The van der Waals surface area contributed by atoms with E-state index in [1.165, 1.54) is 353 Å². The third-order valence-electron chi connectivity index (χ3n) is 17.5. The summed E-state index contributed by atoms with van der Waals surface area (Å²) in [7, 11) is 0. The Bertz CT molecular complexity index is 1270. The molecular weight excluding hydrogens is 995 g/mol. The highest BCUT2D eigenvalue weighted by Gasteiger charge is 2.18. The first-order chi connectivity index (χ1) is 40.0. The maximum atomic E-state index is 12.5. The quantitative estimate of drug-likeness (QED) is 0.0320. The summed E-state index contributed by atoms with van der Waals surface area (Å²) in [5, 5.41) is 23.1. The first-order valence-corrected chi connectivity index (χ1v) is 37.1. The second-order valence-electron chi connectivity index (χ2n) is 25.6. The van der Waals surface area contributed by atoms with E-state index in [9.17, 15) is 19.8 Å². The topological polar surface area (TPSA) is 95.9 Å². The second kappa shape index (κ2) is 70.8. The van der Waals surface area contributed by atoms with Crippen molar-refractivity contribution in [1.82, 2.24) is 5.32 Å². The van der Waals surface area contributed by atoms with Crippen LogP contribution >= 0.6 is 0 Å². The maximum Gasteiger partial charge on any atom is 0.305 e. The van der Waals surface area contributed by atoms with Crippen LogP contribution in [0.4, 0.5) is 0 Å². The zero-order valence-electron chi connectivity index (χ0n) is 55.0. The van der Waals surface area contributed by atoms with Gasteiger partial charge < -0.3 is 20.3 Å². The molecule has 0 aromatic heterocycles. The SMILES string of the molecule is CCCCCCCCC/C=C\CCCCCCCCCC(=O)OCCCCCCCCCCCCCCCCCCCCCCCCCCCCCCCCCCCC(=O)NC(CO)C(O)/C=C/CCCCCCCCCCCCC. The lowest BCUT2D eigenvalue weighted by atomic mass is 10.0. The van der Waals surface area contributed by atoms with Crippen molar-refractivity contribution in [1.29, 1.82) is 0 Å². The van der Waals surface area contributed by atoms with Crippen LogP contribution in [0.2, 0.25) is 0 Å². The number of unbranched alkanes of at least 4 members (excludes halogenated alkanes) is 57. The number of aliphatic hydroxyl groups is 2. The van der Waals surface area contributed by atoms with Gasteiger partial charge in [0, 0.05) is 12.8 Å². The fourth-order valence-corrected chi connectivity index (χ4v) is 11.8. The summed E-state index contributed by atoms with van der Waals surface area (Å²) in [4.78, 5) is 24.6. The highest BCUT2D eigenvalue weighted by molar-refractivity contribution is 5.76. The molecular formula is C75H145NO5. The lowest BCUT2D eigenvalue weighted by Crippen LogP contribution is -2.45. The molecule has 480 valence electrons. The number of rotatable bonds is 70. The van der Waals surface area contributed by atoms with E-state index < -0.39 is 12.1 Å². The van der Waals surface area contributed by atoms with Gasteiger partial charge in [0.05, 0.1) is 25.4 Å². The van der Waals surface area contributed by atoms with Gasteiger partial charge in [-0.25, -0.2) is 0 Å². The molecule has 2 unspecified atom stereocenters. The maximum absolute atomic E-state index is 12.5. The minimum atomic E-state index is -0.840. The van der Waals surface area contributed by atoms with Gasteiger partial charge >= 0.3 is 5.97 Å². The van der Waals surface area contributed by atoms with Crippen LogP contribution in [-0.4, -0.2) is 47.4 Å². The second-order valence-corrected chi connectivity index (χ2v) is 25.6. The molecule has 0 fully saturated rings. The Balaban J connectivity index is 3.31. The molecule has 81 heavy (non-hydrogen) atoms. The molecule has 0 radical (unpaired) electrons. The van der Waals surface area contributed by atoms with E-state index in [-0.39, 0.29) is 18.5 Å². The predicted molar refractivity (Wildman–Crippen MR) is 356 cm³/mol. The van der Waals surface area contributed by atoms with Gasteiger partial charge in [-0.05, 0) is 57.8 Å². The molecule has 0 aliphatic heterocycles. The molecule has 0 rings (SSSR count). The minimum absolute atomic E-state index is 0.0193. The average Bonchev–Trinajstić information content (AvgIpc) is 3.47. The van der Waals surface area contributed by atoms with Crippen LogP contribution in [0.5, 0.6) is 0 Å². The summed E-state index contributed by atoms with van der Waals surface area (Å²) in [6.07, 6.45) is 90.0. The van der Waals surface area contributed by atoms with E-state index >= 15 is 0 Å². The van der Waals surface area contributed by atoms with E-state index in [2.05, 4.69) is 31.3 Å². The number of esters is 1. The van der Waals surface area contributed by atoms with Crippen molar-refractivity contribution in [2.24, 2.45) is 0 Å². The smallest absolute Gasteiger partial charge is 0.305 e. The number of hydrogen-bond donors (Lipinski definition) is 3. The van der Waals surface area contributed by atoms with Crippen LogP contribution < -0.4 is 5.32 Å². The lowest BCUT2D eigenvalue weighted by Gasteiger charge is -2.20. The van der Waals surface area contributed by atoms with E-state index in [1.807, 2.05) is 6.08 Å². The summed E-state index contributed by atoms with van der Waals surface area (Å²) in [5.74, 6) is -0.0421. The Morgan fingerprint density at radius 1 is 0.333 bits per heavy atom. The number of nitrogens with one attached hydrogen (secondary N) is 1. The Labute approximate surface area is 507 Å². The van der Waals surface area contributed by atoms with Crippen LogP contribution in [0, 0.1) is 0 Å². The highest BCUT2D eigenvalue weighted by Crippen LogP contribution is 2.19. The van der Waals surface area contributed by atoms with Crippen LogP contribution in [0.15, 0.2) is 24.3 Å². The zero-order chi connectivity index (χ0) is 58.5. The van der Waals surface area contributed by atoms with Gasteiger partial charge in [0.25, 0.3) is 0 Å². The van der Waals surface area contributed by atoms with Crippen LogP contribution in [0.1, 0.15) is 418 Å². The molecule has 3 N–H and O–H groups in total. The minimum Gasteiger partial charge on any atom is -0.466 e. The Kier molecular flexibility index (Phi) is 69.4. The number of amides is 1. The average molecular weight is 1140 g/mol. The summed E-state index contributed by atoms with van der Waals surface area (Å²) in [5.41, 5.74) is 0. The van der Waals surface area contributed by atoms with E-state index in [1.54, 1.807) is 6.08 Å². The first kappa shape index (κ1) is 79.3. The number of aliphatic hydroxyl groups excluding tert-OH is 2. The predicted octanol–water partition coefficient (Wildman–Crippen LogP) is 24.1. The summed E-state index contributed by atoms with van der Waals surface area (Å²) in [6, 6.07) is -0.623. The summed E-state index contributed by atoms with van der Waals surface area (Å²) < 4.78 is 5.51. The van der Waals surface area contributed by atoms with Crippen LogP contribution in [-0.2, 0) is 14.3 Å². The number of carbonyl (C=O) groups excluding carboxylic acids is 2. The van der Waals surface area contributed by atoms with Gasteiger partial charge in [-0.2, -0.15) is 0 Å². The molecule has 6 heteroatoms. The van der Waals surface area contributed by atoms with Gasteiger partial charge in [0.15, 0.2) is 0 Å². The molecule has 0 heterocycles. The Morgan fingerprint density at radius 2 is 0.580 bits per heavy atom. The van der Waals surface area contributed by atoms with Crippen LogP contribution in [0.25, 0.3) is 0 Å². The van der Waals surface area contributed by atoms with E-state index in [0.717, 1.165) is 38.5 Å². The van der Waals surface area contributed by atoms with E-state index in [0.29, 0.717) is 19.4 Å². The molecule has 0 bridgehead atoms. The van der Waals surface area contributed by atoms with Gasteiger partial charge in [-0.3, -0.25) is 9.59 Å². The molecule has 0 aliphatic carbocycles. The van der Waals surface area contributed by atoms with Crippen LogP contribution in [0.3, 0.4) is 0 Å². The highest BCUT2D eigenvalue weighted by atomic mass is 16.5. The molecule has 0 aliphatic rings. The van der Waals surface area contributed by atoms with Crippen molar-refractivity contribution in [2.75, 3.05) is 13.2 Å². The molecule has 0 aromatic rings. The third-order valence-corrected chi connectivity index (χ3v) is 17.5. The Morgan fingerprint density at radius 3 is 0.877 bits per heavy atom. The normalized spacial score (nSPS) is 12.6.